The van der Waals surface area contributed by atoms with Crippen molar-refractivity contribution in [2.75, 3.05) is 7.11 Å². The molecule has 0 saturated heterocycles. The summed E-state index contributed by atoms with van der Waals surface area (Å²) in [6.45, 7) is 1.93. The number of imidazole rings is 1. The molecule has 0 aliphatic heterocycles. The van der Waals surface area contributed by atoms with Crippen LogP contribution in [-0.4, -0.2) is 21.5 Å². The fraction of sp³-hybridized carbons (Fsp3) is 0.250. The molecule has 0 fully saturated rings. The molecule has 5 heteroatoms. The van der Waals surface area contributed by atoms with E-state index in [-0.39, 0.29) is 0 Å². The lowest BCUT2D eigenvalue weighted by molar-refractivity contribution is 0.389. The van der Waals surface area contributed by atoms with E-state index in [4.69, 9.17) is 4.74 Å². The minimum absolute atomic E-state index is 0.671. The minimum atomic E-state index is 0.671. The highest BCUT2D eigenvalue weighted by Crippen LogP contribution is 2.22. The maximum absolute atomic E-state index is 5.15. The lowest BCUT2D eigenvalue weighted by atomic mass is 10.6. The van der Waals surface area contributed by atoms with E-state index in [1.165, 1.54) is 0 Å². The van der Waals surface area contributed by atoms with E-state index in [0.717, 1.165) is 15.9 Å². The fourth-order valence-corrected chi connectivity index (χ4v) is 1.64. The predicted octanol–water partition coefficient (Wildman–Crippen LogP) is 1.81. The summed E-state index contributed by atoms with van der Waals surface area (Å²) in [4.78, 5) is 8.30. The third kappa shape index (κ3) is 1.19. The molecule has 0 bridgehead atoms. The first-order valence-electron chi connectivity index (χ1n) is 3.76. The summed E-state index contributed by atoms with van der Waals surface area (Å²) in [5.41, 5.74) is 1.70. The van der Waals surface area contributed by atoms with Gasteiger partial charge < -0.3 is 4.74 Å². The maximum atomic E-state index is 5.15. The first-order chi connectivity index (χ1) is 6.24. The minimum Gasteiger partial charge on any atom is -0.481 e. The second-order valence-electron chi connectivity index (χ2n) is 2.63. The molecule has 2 rings (SSSR count). The van der Waals surface area contributed by atoms with Crippen LogP contribution < -0.4 is 4.74 Å². The van der Waals surface area contributed by atoms with Gasteiger partial charge in [0, 0.05) is 0 Å². The van der Waals surface area contributed by atoms with Gasteiger partial charge in [-0.25, -0.2) is 4.98 Å². The molecule has 68 valence electrons. The van der Waals surface area contributed by atoms with Gasteiger partial charge in [0.1, 0.15) is 4.60 Å². The number of hydrogen-bond acceptors (Lipinski definition) is 3. The van der Waals surface area contributed by atoms with Crippen molar-refractivity contribution >= 4 is 21.6 Å². The van der Waals surface area contributed by atoms with Gasteiger partial charge in [-0.3, -0.25) is 9.38 Å². The number of nitrogens with zero attached hydrogens (tertiary/aromatic N) is 3. The third-order valence-corrected chi connectivity index (χ3v) is 2.74. The standard InChI is InChI=1S/C8H8BrN3O/c1-5-8(9)12-6(11-5)3-10-4-7(12)13-2/h3-4H,1-2H3. The molecule has 0 aliphatic carbocycles. The Hall–Kier alpha value is -1.10. The molecule has 2 aromatic heterocycles. The number of halogens is 1. The van der Waals surface area contributed by atoms with Crippen LogP contribution in [0.4, 0.5) is 0 Å². The fourth-order valence-electron chi connectivity index (χ4n) is 1.20. The Kier molecular flexibility index (Phi) is 1.95. The second kappa shape index (κ2) is 2.99. The molecule has 2 heterocycles. The quantitative estimate of drug-likeness (QED) is 0.765. The number of ether oxygens (including phenoxy) is 1. The number of methoxy groups -OCH3 is 1. The van der Waals surface area contributed by atoms with Crippen LogP contribution in [0.5, 0.6) is 5.88 Å². The second-order valence-corrected chi connectivity index (χ2v) is 3.38. The number of aromatic nitrogens is 3. The van der Waals surface area contributed by atoms with E-state index in [9.17, 15) is 0 Å². The van der Waals surface area contributed by atoms with Crippen LogP contribution in [0.25, 0.3) is 5.65 Å². The lowest BCUT2D eigenvalue weighted by Gasteiger charge is -2.02. The van der Waals surface area contributed by atoms with Crippen LogP contribution in [0.2, 0.25) is 0 Å². The third-order valence-electron chi connectivity index (χ3n) is 1.81. The number of hydrogen-bond donors (Lipinski definition) is 0. The Morgan fingerprint density at radius 2 is 2.23 bits per heavy atom. The van der Waals surface area contributed by atoms with Crippen LogP contribution >= 0.6 is 15.9 Å². The van der Waals surface area contributed by atoms with Gasteiger partial charge in [-0.2, -0.15) is 0 Å². The predicted molar refractivity (Wildman–Crippen MR) is 52.0 cm³/mol. The van der Waals surface area contributed by atoms with E-state index in [0.29, 0.717) is 5.88 Å². The largest absolute Gasteiger partial charge is 0.481 e. The zero-order valence-electron chi connectivity index (χ0n) is 7.28. The Bertz CT molecular complexity index is 452. The molecule has 0 spiro atoms. The molecule has 0 saturated carbocycles. The topological polar surface area (TPSA) is 39.4 Å². The molecular formula is C8H8BrN3O. The SMILES string of the molecule is COc1cncc2nc(C)c(Br)n12. The van der Waals surface area contributed by atoms with E-state index in [1.807, 2.05) is 11.3 Å². The molecule has 2 aromatic rings. The van der Waals surface area contributed by atoms with E-state index in [2.05, 4.69) is 25.9 Å². The van der Waals surface area contributed by atoms with Gasteiger partial charge >= 0.3 is 0 Å². The number of rotatable bonds is 1. The smallest absolute Gasteiger partial charge is 0.219 e. The summed E-state index contributed by atoms with van der Waals surface area (Å²) in [6, 6.07) is 0. The molecule has 13 heavy (non-hydrogen) atoms. The molecule has 0 amide bonds. The first-order valence-corrected chi connectivity index (χ1v) is 4.56. The maximum Gasteiger partial charge on any atom is 0.219 e. The Morgan fingerprint density at radius 3 is 2.92 bits per heavy atom. The van der Waals surface area contributed by atoms with Crippen molar-refractivity contribution < 1.29 is 4.74 Å². The van der Waals surface area contributed by atoms with Crippen molar-refractivity contribution in [1.82, 2.24) is 14.4 Å². The van der Waals surface area contributed by atoms with Gasteiger partial charge in [0.05, 0.1) is 25.2 Å². The van der Waals surface area contributed by atoms with Crippen LogP contribution in [0.3, 0.4) is 0 Å². The molecule has 0 aromatic carbocycles. The van der Waals surface area contributed by atoms with Gasteiger partial charge in [-0.05, 0) is 22.9 Å². The van der Waals surface area contributed by atoms with Gasteiger partial charge in [0.15, 0.2) is 5.65 Å². The van der Waals surface area contributed by atoms with Gasteiger partial charge in [0.25, 0.3) is 0 Å². The molecule has 4 nitrogen and oxygen atoms in total. The zero-order valence-corrected chi connectivity index (χ0v) is 8.87. The van der Waals surface area contributed by atoms with Crippen LogP contribution in [-0.2, 0) is 0 Å². The monoisotopic (exact) mass is 241 g/mol. The summed E-state index contributed by atoms with van der Waals surface area (Å²) in [6.07, 6.45) is 3.35. The molecule has 0 radical (unpaired) electrons. The molecular weight excluding hydrogens is 234 g/mol. The summed E-state index contributed by atoms with van der Waals surface area (Å²) in [5, 5.41) is 0. The van der Waals surface area contributed by atoms with Crippen molar-refractivity contribution in [1.29, 1.82) is 0 Å². The highest BCUT2D eigenvalue weighted by atomic mass is 79.9. The van der Waals surface area contributed by atoms with Crippen molar-refractivity contribution in [3.63, 3.8) is 0 Å². The van der Waals surface area contributed by atoms with E-state index in [1.54, 1.807) is 19.5 Å². The first kappa shape index (κ1) is 8.50. The van der Waals surface area contributed by atoms with Gasteiger partial charge in [-0.1, -0.05) is 0 Å². The molecule has 0 aliphatic rings. The van der Waals surface area contributed by atoms with E-state index >= 15 is 0 Å². The summed E-state index contributed by atoms with van der Waals surface area (Å²) < 4.78 is 7.92. The molecule has 0 N–H and O–H groups in total. The highest BCUT2D eigenvalue weighted by Gasteiger charge is 2.09. The zero-order chi connectivity index (χ0) is 9.42. The van der Waals surface area contributed by atoms with E-state index < -0.39 is 0 Å². The number of aryl methyl sites for hydroxylation is 1. The van der Waals surface area contributed by atoms with Crippen molar-refractivity contribution in [3.05, 3.63) is 22.7 Å². The van der Waals surface area contributed by atoms with Crippen LogP contribution in [0.1, 0.15) is 5.69 Å². The van der Waals surface area contributed by atoms with Crippen LogP contribution in [0, 0.1) is 6.92 Å². The number of fused-ring (bicyclic) bond motifs is 1. The van der Waals surface area contributed by atoms with Crippen molar-refractivity contribution in [2.45, 2.75) is 6.92 Å². The average molecular weight is 242 g/mol. The summed E-state index contributed by atoms with van der Waals surface area (Å²) in [7, 11) is 1.61. The van der Waals surface area contributed by atoms with Gasteiger partial charge in [-0.15, -0.1) is 0 Å². The normalized spacial score (nSPS) is 10.7. The summed E-state index contributed by atoms with van der Waals surface area (Å²) in [5.74, 6) is 0.671. The Morgan fingerprint density at radius 1 is 1.46 bits per heavy atom. The average Bonchev–Trinajstić information content (AvgIpc) is 2.43. The summed E-state index contributed by atoms with van der Waals surface area (Å²) >= 11 is 3.44. The highest BCUT2D eigenvalue weighted by molar-refractivity contribution is 9.10. The van der Waals surface area contributed by atoms with Crippen molar-refractivity contribution in [2.24, 2.45) is 0 Å². The molecule has 0 unspecified atom stereocenters. The van der Waals surface area contributed by atoms with Gasteiger partial charge in [0.2, 0.25) is 5.88 Å². The molecule has 0 atom stereocenters. The Balaban J connectivity index is 2.87. The van der Waals surface area contributed by atoms with Crippen molar-refractivity contribution in [3.8, 4) is 5.88 Å². The van der Waals surface area contributed by atoms with Crippen LogP contribution in [0.15, 0.2) is 17.0 Å². The Labute approximate surface area is 83.7 Å². The lowest BCUT2D eigenvalue weighted by Crippen LogP contribution is -1.94.